The summed E-state index contributed by atoms with van der Waals surface area (Å²) >= 11 is 1.83. The Balaban J connectivity index is 1.65. The molecule has 1 aliphatic carbocycles. The van der Waals surface area contributed by atoms with Crippen LogP contribution in [0.5, 0.6) is 0 Å². The van der Waals surface area contributed by atoms with Crippen LogP contribution in [0.4, 0.5) is 0 Å². The van der Waals surface area contributed by atoms with Gasteiger partial charge < -0.3 is 10.2 Å². The average molecular weight is 252 g/mol. The fourth-order valence-corrected chi connectivity index (χ4v) is 3.00. The minimum absolute atomic E-state index is 0.486. The van der Waals surface area contributed by atoms with E-state index in [9.17, 15) is 0 Å². The van der Waals surface area contributed by atoms with Crippen LogP contribution in [0.15, 0.2) is 17.5 Å². The molecule has 3 heteroatoms. The van der Waals surface area contributed by atoms with Gasteiger partial charge in [0.1, 0.15) is 0 Å². The fraction of sp³-hybridized carbons (Fsp3) is 0.714. The van der Waals surface area contributed by atoms with E-state index >= 15 is 0 Å². The van der Waals surface area contributed by atoms with Crippen LogP contribution in [0.25, 0.3) is 0 Å². The predicted molar refractivity (Wildman–Crippen MR) is 75.6 cm³/mol. The lowest BCUT2D eigenvalue weighted by atomic mass is 10.2. The zero-order chi connectivity index (χ0) is 12.3. The zero-order valence-corrected chi connectivity index (χ0v) is 12.0. The minimum atomic E-state index is 0.486. The molecule has 0 aliphatic heterocycles. The van der Waals surface area contributed by atoms with E-state index in [0.29, 0.717) is 6.04 Å². The first-order valence-electron chi connectivity index (χ1n) is 6.65. The van der Waals surface area contributed by atoms with Crippen molar-refractivity contribution < 1.29 is 0 Å². The van der Waals surface area contributed by atoms with E-state index in [1.165, 1.54) is 17.7 Å². The third-order valence-electron chi connectivity index (χ3n) is 3.88. The second kappa shape index (κ2) is 5.98. The summed E-state index contributed by atoms with van der Waals surface area (Å²) in [4.78, 5) is 3.93. The Hall–Kier alpha value is -0.380. The Morgan fingerprint density at radius 1 is 1.47 bits per heavy atom. The molecule has 0 bridgehead atoms. The summed E-state index contributed by atoms with van der Waals surface area (Å²) in [6, 6.07) is 5.58. The molecular formula is C14H24N2S. The van der Waals surface area contributed by atoms with Crippen LogP contribution in [-0.2, 0) is 0 Å². The largest absolute Gasteiger partial charge is 0.308 e. The third-order valence-corrected chi connectivity index (χ3v) is 4.94. The highest BCUT2D eigenvalue weighted by Crippen LogP contribution is 2.34. The molecule has 17 heavy (non-hydrogen) atoms. The molecule has 0 amide bonds. The summed E-state index contributed by atoms with van der Waals surface area (Å²) in [6.45, 7) is 6.83. The lowest BCUT2D eigenvalue weighted by Gasteiger charge is -2.25. The molecule has 2 rings (SSSR count). The fourth-order valence-electron chi connectivity index (χ4n) is 2.24. The Kier molecular flexibility index (Phi) is 4.60. The molecule has 2 nitrogen and oxygen atoms in total. The van der Waals surface area contributed by atoms with Gasteiger partial charge in [-0.1, -0.05) is 6.07 Å². The number of nitrogens with zero attached hydrogens (tertiary/aromatic N) is 1. The van der Waals surface area contributed by atoms with E-state index in [0.717, 1.165) is 25.0 Å². The molecule has 2 unspecified atom stereocenters. The third kappa shape index (κ3) is 3.80. The summed E-state index contributed by atoms with van der Waals surface area (Å²) in [5, 5.41) is 5.75. The van der Waals surface area contributed by atoms with E-state index in [1.54, 1.807) is 0 Å². The van der Waals surface area contributed by atoms with Crippen LogP contribution in [-0.4, -0.2) is 31.1 Å². The molecule has 2 atom stereocenters. The van der Waals surface area contributed by atoms with Crippen molar-refractivity contribution in [1.29, 1.82) is 0 Å². The smallest absolute Gasteiger partial charge is 0.0386 e. The van der Waals surface area contributed by atoms with Crippen molar-refractivity contribution in [3.63, 3.8) is 0 Å². The molecule has 1 aromatic heterocycles. The van der Waals surface area contributed by atoms with Gasteiger partial charge in [-0.3, -0.25) is 0 Å². The van der Waals surface area contributed by atoms with Crippen molar-refractivity contribution in [2.75, 3.05) is 20.1 Å². The molecule has 1 aliphatic rings. The van der Waals surface area contributed by atoms with Crippen molar-refractivity contribution in [2.45, 2.75) is 38.8 Å². The lowest BCUT2D eigenvalue weighted by molar-refractivity contribution is 0.232. The quantitative estimate of drug-likeness (QED) is 0.802. The SMILES string of the molecule is CC(NCCN(C)C(C)C1CC1)c1cccs1. The summed E-state index contributed by atoms with van der Waals surface area (Å²) in [7, 11) is 2.25. The number of hydrogen-bond donors (Lipinski definition) is 1. The lowest BCUT2D eigenvalue weighted by Crippen LogP contribution is -2.37. The van der Waals surface area contributed by atoms with Crippen LogP contribution in [0.1, 0.15) is 37.6 Å². The minimum Gasteiger partial charge on any atom is -0.308 e. The standard InChI is InChI=1S/C14H24N2S/c1-11(14-5-4-10-17-14)15-8-9-16(3)12(2)13-6-7-13/h4-5,10-13,15H,6-9H2,1-3H3. The molecular weight excluding hydrogens is 228 g/mol. The van der Waals surface area contributed by atoms with Crippen molar-refractivity contribution in [3.05, 3.63) is 22.4 Å². The van der Waals surface area contributed by atoms with E-state index in [-0.39, 0.29) is 0 Å². The Labute approximate surface area is 109 Å². The normalized spacial score (nSPS) is 19.5. The summed E-state index contributed by atoms with van der Waals surface area (Å²) in [5.74, 6) is 0.967. The maximum Gasteiger partial charge on any atom is 0.0386 e. The van der Waals surface area contributed by atoms with Crippen LogP contribution in [0.3, 0.4) is 0 Å². The van der Waals surface area contributed by atoms with Crippen molar-refractivity contribution in [1.82, 2.24) is 10.2 Å². The van der Waals surface area contributed by atoms with Gasteiger partial charge in [0.15, 0.2) is 0 Å². The number of likely N-dealkylation sites (N-methyl/N-ethyl adjacent to an activating group) is 1. The van der Waals surface area contributed by atoms with Crippen LogP contribution in [0, 0.1) is 5.92 Å². The summed E-state index contributed by atoms with van der Waals surface area (Å²) in [6.07, 6.45) is 2.87. The van der Waals surface area contributed by atoms with Gasteiger partial charge in [-0.25, -0.2) is 0 Å². The predicted octanol–water partition coefficient (Wildman–Crippen LogP) is 3.13. The van der Waals surface area contributed by atoms with Gasteiger partial charge in [0, 0.05) is 30.1 Å². The second-order valence-electron chi connectivity index (χ2n) is 5.25. The van der Waals surface area contributed by atoms with Crippen LogP contribution in [0.2, 0.25) is 0 Å². The van der Waals surface area contributed by atoms with Gasteiger partial charge in [-0.15, -0.1) is 11.3 Å². The van der Waals surface area contributed by atoms with E-state index in [1.807, 2.05) is 11.3 Å². The van der Waals surface area contributed by atoms with Gasteiger partial charge >= 0.3 is 0 Å². The highest BCUT2D eigenvalue weighted by atomic mass is 32.1. The van der Waals surface area contributed by atoms with E-state index in [4.69, 9.17) is 0 Å². The van der Waals surface area contributed by atoms with Gasteiger partial charge in [0.25, 0.3) is 0 Å². The monoisotopic (exact) mass is 252 g/mol. The van der Waals surface area contributed by atoms with Crippen molar-refractivity contribution in [3.8, 4) is 0 Å². The topological polar surface area (TPSA) is 15.3 Å². The maximum absolute atomic E-state index is 3.60. The zero-order valence-electron chi connectivity index (χ0n) is 11.1. The highest BCUT2D eigenvalue weighted by Gasteiger charge is 2.30. The first-order valence-corrected chi connectivity index (χ1v) is 7.53. The van der Waals surface area contributed by atoms with Crippen LogP contribution >= 0.6 is 11.3 Å². The van der Waals surface area contributed by atoms with Crippen LogP contribution < -0.4 is 5.32 Å². The molecule has 1 aromatic rings. The van der Waals surface area contributed by atoms with E-state index < -0.39 is 0 Å². The molecule has 1 N–H and O–H groups in total. The molecule has 0 radical (unpaired) electrons. The molecule has 1 fully saturated rings. The number of thiophene rings is 1. The maximum atomic E-state index is 3.60. The Morgan fingerprint density at radius 2 is 2.24 bits per heavy atom. The summed E-state index contributed by atoms with van der Waals surface area (Å²) < 4.78 is 0. The molecule has 0 saturated heterocycles. The van der Waals surface area contributed by atoms with E-state index in [2.05, 4.69) is 48.6 Å². The highest BCUT2D eigenvalue weighted by molar-refractivity contribution is 7.10. The molecule has 1 saturated carbocycles. The molecule has 0 aromatic carbocycles. The number of rotatable bonds is 7. The van der Waals surface area contributed by atoms with Gasteiger partial charge in [-0.2, -0.15) is 0 Å². The molecule has 0 spiro atoms. The molecule has 96 valence electrons. The van der Waals surface area contributed by atoms with Gasteiger partial charge in [-0.05, 0) is 51.1 Å². The first-order chi connectivity index (χ1) is 8.18. The first kappa shape index (κ1) is 13.1. The summed E-state index contributed by atoms with van der Waals surface area (Å²) in [5.41, 5.74) is 0. The van der Waals surface area contributed by atoms with Crippen molar-refractivity contribution in [2.24, 2.45) is 5.92 Å². The molecule has 1 heterocycles. The van der Waals surface area contributed by atoms with Crippen molar-refractivity contribution >= 4 is 11.3 Å². The average Bonchev–Trinajstić information content (AvgIpc) is 3.02. The second-order valence-corrected chi connectivity index (χ2v) is 6.23. The Morgan fingerprint density at radius 3 is 2.82 bits per heavy atom. The number of hydrogen-bond acceptors (Lipinski definition) is 3. The number of nitrogens with one attached hydrogen (secondary N) is 1. The van der Waals surface area contributed by atoms with Gasteiger partial charge in [0.05, 0.1) is 0 Å². The van der Waals surface area contributed by atoms with Gasteiger partial charge in [0.2, 0.25) is 0 Å². The Bertz CT molecular complexity index is 319.